The summed E-state index contributed by atoms with van der Waals surface area (Å²) in [7, 11) is 2.91. The zero-order valence-corrected chi connectivity index (χ0v) is 20.9. The first kappa shape index (κ1) is 27.2. The minimum atomic E-state index is -5.13. The van der Waals surface area contributed by atoms with Crippen LogP contribution in [0.3, 0.4) is 0 Å². The lowest BCUT2D eigenvalue weighted by molar-refractivity contribution is -0.274. The first-order valence-electron chi connectivity index (χ1n) is 11.1. The molecule has 0 fully saturated rings. The molecule has 4 aromatic rings. The van der Waals surface area contributed by atoms with Gasteiger partial charge in [-0.2, -0.15) is 13.2 Å². The Hall–Kier alpha value is -3.83. The van der Waals surface area contributed by atoms with E-state index in [1.54, 1.807) is 0 Å². The smallest absolute Gasteiger partial charge is 0.449 e. The van der Waals surface area contributed by atoms with E-state index in [0.717, 1.165) is 24.3 Å². The van der Waals surface area contributed by atoms with Crippen LogP contribution in [0.15, 0.2) is 59.4 Å². The molecule has 0 bridgehead atoms. The lowest BCUT2D eigenvalue weighted by Crippen LogP contribution is -2.46. The number of hydrogen-bond acceptors (Lipinski definition) is 4. The molecule has 0 saturated heterocycles. The molecule has 0 saturated carbocycles. The molecule has 38 heavy (non-hydrogen) atoms. The van der Waals surface area contributed by atoms with Crippen molar-refractivity contribution in [1.82, 2.24) is 9.13 Å². The van der Waals surface area contributed by atoms with E-state index < -0.39 is 46.7 Å². The molecule has 0 radical (unpaired) electrons. The highest BCUT2D eigenvalue weighted by atomic mass is 35.5. The fourth-order valence-electron chi connectivity index (χ4n) is 4.54. The number of rotatable bonds is 5. The van der Waals surface area contributed by atoms with Crippen LogP contribution in [0.1, 0.15) is 24.0 Å². The highest BCUT2D eigenvalue weighted by Gasteiger charge is 2.59. The van der Waals surface area contributed by atoms with Crippen molar-refractivity contribution in [2.45, 2.75) is 24.6 Å². The largest absolute Gasteiger partial charge is 0.511 e. The molecule has 7 nitrogen and oxygen atoms in total. The van der Waals surface area contributed by atoms with Gasteiger partial charge in [0.2, 0.25) is 0 Å². The molecule has 0 aliphatic heterocycles. The second kappa shape index (κ2) is 9.48. The fourth-order valence-corrected chi connectivity index (χ4v) is 4.89. The number of carbonyl (C=O) groups is 1. The quantitative estimate of drug-likeness (QED) is 0.181. The number of imidazole rings is 1. The number of alkyl halides is 3. The highest BCUT2D eigenvalue weighted by Crippen LogP contribution is 2.50. The second-order valence-electron chi connectivity index (χ2n) is 8.84. The number of aryl methyl sites for hydroxylation is 2. The topological polar surface area (TPSA) is 93.7 Å². The Morgan fingerprint density at radius 1 is 0.974 bits per heavy atom. The van der Waals surface area contributed by atoms with Gasteiger partial charge in [-0.05, 0) is 52.6 Å². The maximum absolute atomic E-state index is 14.5. The van der Waals surface area contributed by atoms with Gasteiger partial charge in [-0.15, -0.1) is 0 Å². The Labute approximate surface area is 218 Å². The van der Waals surface area contributed by atoms with E-state index >= 15 is 0 Å². The van der Waals surface area contributed by atoms with Crippen LogP contribution in [0.5, 0.6) is 5.75 Å². The van der Waals surface area contributed by atoms with Gasteiger partial charge in [-0.1, -0.05) is 42.8 Å². The van der Waals surface area contributed by atoms with Crippen LogP contribution >= 0.6 is 11.6 Å². The molecule has 3 aromatic carbocycles. The van der Waals surface area contributed by atoms with E-state index in [2.05, 4.69) is 4.74 Å². The van der Waals surface area contributed by atoms with E-state index in [1.165, 1.54) is 60.5 Å². The highest BCUT2D eigenvalue weighted by molar-refractivity contribution is 6.31. The third-order valence-electron chi connectivity index (χ3n) is 6.70. The number of benzene rings is 3. The summed E-state index contributed by atoms with van der Waals surface area (Å²) in [6.45, 7) is 1.18. The van der Waals surface area contributed by atoms with Crippen LogP contribution in [0.4, 0.5) is 22.4 Å². The average molecular weight is 553 g/mol. The summed E-state index contributed by atoms with van der Waals surface area (Å²) in [5, 5.41) is 19.9. The number of carboxylic acid groups (broad SMARTS) is 1. The molecular weight excluding hydrogens is 532 g/mol. The van der Waals surface area contributed by atoms with Gasteiger partial charge < -0.3 is 14.9 Å². The molecule has 1 aromatic heterocycles. The molecule has 4 rings (SSSR count). The van der Waals surface area contributed by atoms with E-state index in [-0.39, 0.29) is 16.1 Å². The van der Waals surface area contributed by atoms with Crippen molar-refractivity contribution in [3.63, 3.8) is 0 Å². The maximum Gasteiger partial charge on any atom is 0.511 e. The van der Waals surface area contributed by atoms with Crippen LogP contribution in [0.25, 0.3) is 22.2 Å². The van der Waals surface area contributed by atoms with Crippen LogP contribution < -0.4 is 10.4 Å². The zero-order chi connectivity index (χ0) is 28.2. The summed E-state index contributed by atoms with van der Waals surface area (Å²) in [6.07, 6.45) is -6.85. The van der Waals surface area contributed by atoms with Gasteiger partial charge in [0.1, 0.15) is 0 Å². The lowest BCUT2D eigenvalue weighted by atomic mass is 9.77. The molecule has 0 aliphatic rings. The summed E-state index contributed by atoms with van der Waals surface area (Å²) < 4.78 is 64.3. The van der Waals surface area contributed by atoms with Gasteiger partial charge in [-0.3, -0.25) is 9.13 Å². The zero-order valence-electron chi connectivity index (χ0n) is 20.2. The van der Waals surface area contributed by atoms with Crippen molar-refractivity contribution in [3.8, 4) is 16.9 Å². The van der Waals surface area contributed by atoms with Gasteiger partial charge in [-0.25, -0.2) is 14.0 Å². The van der Waals surface area contributed by atoms with Crippen molar-refractivity contribution in [2.75, 3.05) is 0 Å². The van der Waals surface area contributed by atoms with Crippen molar-refractivity contribution in [3.05, 3.63) is 87.0 Å². The fraction of sp³-hybridized carbons (Fsp3) is 0.231. The monoisotopic (exact) mass is 552 g/mol. The molecule has 12 heteroatoms. The minimum absolute atomic E-state index is 0.0265. The van der Waals surface area contributed by atoms with Crippen LogP contribution in [0.2, 0.25) is 5.02 Å². The van der Waals surface area contributed by atoms with Gasteiger partial charge in [0.15, 0.2) is 17.2 Å². The predicted octanol–water partition coefficient (Wildman–Crippen LogP) is 5.95. The number of aromatic nitrogens is 2. The minimum Gasteiger partial charge on any atom is -0.449 e. The SMILES string of the molecule is CC(c1ccc(-c2ccc(F)c(OC(=O)O)c2)cc1Cl)C(O)(c1ccc2c(c1)n(C)c(=O)n2C)C(F)(F)F. The Morgan fingerprint density at radius 3 is 2.18 bits per heavy atom. The predicted molar refractivity (Wildman–Crippen MR) is 132 cm³/mol. The molecule has 0 amide bonds. The number of fused-ring (bicyclic) bond motifs is 1. The number of aliphatic hydroxyl groups is 1. The first-order chi connectivity index (χ1) is 17.7. The van der Waals surface area contributed by atoms with E-state index in [4.69, 9.17) is 16.7 Å². The number of hydrogen-bond donors (Lipinski definition) is 2. The van der Waals surface area contributed by atoms with Crippen LogP contribution in [-0.2, 0) is 19.7 Å². The standard InChI is InChI=1S/C26H21ClF4N2O5/c1-13(17-7-4-14(10-18(17)27)15-5-8-19(28)22(11-15)38-24(35)36)25(37,26(29,30)31)16-6-9-20-21(12-16)33(3)23(34)32(20)2/h4-13,37H,1-3H3,(H,35,36). The molecule has 200 valence electrons. The molecule has 0 aliphatic carbocycles. The number of ether oxygens (including phenoxy) is 1. The van der Waals surface area contributed by atoms with Crippen LogP contribution in [0, 0.1) is 5.82 Å². The second-order valence-corrected chi connectivity index (χ2v) is 9.25. The Kier molecular flexibility index (Phi) is 6.79. The van der Waals surface area contributed by atoms with Crippen molar-refractivity contribution >= 4 is 28.8 Å². The number of halogens is 5. The van der Waals surface area contributed by atoms with Crippen LogP contribution in [-0.4, -0.2) is 31.7 Å². The summed E-state index contributed by atoms with van der Waals surface area (Å²) in [4.78, 5) is 23.1. The molecule has 2 unspecified atom stereocenters. The van der Waals surface area contributed by atoms with E-state index in [9.17, 15) is 32.3 Å². The van der Waals surface area contributed by atoms with Gasteiger partial charge in [0, 0.05) is 25.0 Å². The summed E-state index contributed by atoms with van der Waals surface area (Å²) >= 11 is 6.39. The third-order valence-corrected chi connectivity index (χ3v) is 7.03. The molecule has 1 heterocycles. The first-order valence-corrected chi connectivity index (χ1v) is 11.5. The summed E-state index contributed by atoms with van der Waals surface area (Å²) in [5.41, 5.74) is -3.06. The molecule has 2 atom stereocenters. The Balaban J connectivity index is 1.80. The molecule has 0 spiro atoms. The lowest BCUT2D eigenvalue weighted by Gasteiger charge is -2.37. The molecular formula is C26H21ClF4N2O5. The Morgan fingerprint density at radius 2 is 1.58 bits per heavy atom. The maximum atomic E-state index is 14.5. The normalized spacial score (nSPS) is 14.3. The van der Waals surface area contributed by atoms with Gasteiger partial charge in [0.25, 0.3) is 0 Å². The van der Waals surface area contributed by atoms with E-state index in [1.807, 2.05) is 0 Å². The Bertz CT molecular complexity index is 1630. The van der Waals surface area contributed by atoms with Crippen molar-refractivity contribution < 1.29 is 37.3 Å². The number of nitrogens with zero attached hydrogens (tertiary/aromatic N) is 2. The van der Waals surface area contributed by atoms with Gasteiger partial charge in [0.05, 0.1) is 11.0 Å². The van der Waals surface area contributed by atoms with Crippen molar-refractivity contribution in [1.29, 1.82) is 0 Å². The third kappa shape index (κ3) is 4.41. The summed E-state index contributed by atoms with van der Waals surface area (Å²) in [6, 6.07) is 11.0. The van der Waals surface area contributed by atoms with Crippen molar-refractivity contribution in [2.24, 2.45) is 14.1 Å². The van der Waals surface area contributed by atoms with E-state index in [0.29, 0.717) is 16.6 Å². The average Bonchev–Trinajstić information content (AvgIpc) is 3.06. The summed E-state index contributed by atoms with van der Waals surface area (Å²) in [5.74, 6) is -3.07. The van der Waals surface area contributed by atoms with Gasteiger partial charge >= 0.3 is 18.0 Å². The molecule has 2 N–H and O–H groups in total.